The Balaban J connectivity index is 2.06. The molecule has 0 spiro atoms. The highest BCUT2D eigenvalue weighted by atomic mass is 31.2. The average molecular weight is 524 g/mol. The van der Waals surface area contributed by atoms with Crippen molar-refractivity contribution in [1.29, 1.82) is 0 Å². The number of hydrogen-bond acceptors (Lipinski definition) is 12. The van der Waals surface area contributed by atoms with Crippen molar-refractivity contribution in [2.75, 3.05) is 33.0 Å². The molecule has 1 unspecified atom stereocenters. The predicted molar refractivity (Wildman–Crippen MR) is 115 cm³/mol. The first-order chi connectivity index (χ1) is 16.4. The summed E-state index contributed by atoms with van der Waals surface area (Å²) in [5.41, 5.74) is -3.54. The Hall–Kier alpha value is -2.39. The molecule has 1 fully saturated rings. The lowest BCUT2D eigenvalue weighted by atomic mass is 9.90. The minimum atomic E-state index is -4.95. The largest absolute Gasteiger partial charge is 0.472 e. The third-order valence-electron chi connectivity index (χ3n) is 5.14. The molecule has 1 aliphatic rings. The molecule has 35 heavy (non-hydrogen) atoms. The lowest BCUT2D eigenvalue weighted by Gasteiger charge is -2.27. The predicted octanol–water partition coefficient (Wildman–Crippen LogP) is -1.27. The standard InChI is InChI=1S/C19H29N2O13P/c1-4-30-16(25)19(9-22,17(26)31-5-2)10-33-35(28,29)32-8-13-12(23)6-14(34-13)21-7-11(3)15(24)20-18(21)27/h7,12-14,22-23H,4-6,8-10H2,1-3H3,(H,28,29)(H,20,24,27)/t12-,13+,14+/m0/s1. The zero-order chi connectivity index (χ0) is 26.4. The van der Waals surface area contributed by atoms with E-state index in [-0.39, 0.29) is 25.2 Å². The Morgan fingerprint density at radius 1 is 1.23 bits per heavy atom. The molecular weight excluding hydrogens is 495 g/mol. The van der Waals surface area contributed by atoms with Crippen LogP contribution >= 0.6 is 7.82 Å². The first-order valence-electron chi connectivity index (χ1n) is 10.6. The van der Waals surface area contributed by atoms with E-state index in [4.69, 9.17) is 23.3 Å². The van der Waals surface area contributed by atoms with Gasteiger partial charge in [0.05, 0.1) is 39.1 Å². The maximum atomic E-state index is 12.4. The summed E-state index contributed by atoms with van der Waals surface area (Å²) < 4.78 is 38.1. The third kappa shape index (κ3) is 6.85. The number of carbonyl (C=O) groups excluding carboxylic acids is 2. The van der Waals surface area contributed by atoms with Gasteiger partial charge in [0, 0.05) is 18.2 Å². The number of nitrogens with zero attached hydrogens (tertiary/aromatic N) is 1. The SMILES string of the molecule is CCOC(=O)C(CO)(COP(=O)(O)OC[C@H]1O[C@@H](n2cc(C)c(=O)[nH]c2=O)C[C@@H]1O)C(=O)OCC. The number of ether oxygens (including phenoxy) is 3. The summed E-state index contributed by atoms with van der Waals surface area (Å²) in [7, 11) is -4.95. The summed E-state index contributed by atoms with van der Waals surface area (Å²) in [6.07, 6.45) is -2.21. The van der Waals surface area contributed by atoms with Gasteiger partial charge in [-0.3, -0.25) is 33.0 Å². The van der Waals surface area contributed by atoms with E-state index in [1.807, 2.05) is 0 Å². The van der Waals surface area contributed by atoms with Crippen molar-refractivity contribution in [3.63, 3.8) is 0 Å². The van der Waals surface area contributed by atoms with Gasteiger partial charge in [-0.2, -0.15) is 0 Å². The second-order valence-electron chi connectivity index (χ2n) is 7.63. The van der Waals surface area contributed by atoms with Crippen LogP contribution in [0.25, 0.3) is 0 Å². The van der Waals surface area contributed by atoms with Crippen LogP contribution in [0.2, 0.25) is 0 Å². The quantitative estimate of drug-likeness (QED) is 0.143. The molecule has 15 nitrogen and oxygen atoms in total. The fourth-order valence-electron chi connectivity index (χ4n) is 3.15. The summed E-state index contributed by atoms with van der Waals surface area (Å²) in [4.78, 5) is 60.3. The molecule has 0 radical (unpaired) electrons. The Bertz CT molecular complexity index is 1050. The molecule has 0 bridgehead atoms. The fourth-order valence-corrected chi connectivity index (χ4v) is 3.94. The molecule has 1 aromatic heterocycles. The number of rotatable bonds is 12. The smallest absolute Gasteiger partial charge is 0.465 e. The van der Waals surface area contributed by atoms with Gasteiger partial charge in [0.15, 0.2) is 0 Å². The number of aliphatic hydroxyl groups is 2. The highest BCUT2D eigenvalue weighted by molar-refractivity contribution is 7.47. The van der Waals surface area contributed by atoms with E-state index in [0.717, 1.165) is 4.57 Å². The molecule has 16 heteroatoms. The number of aromatic nitrogens is 2. The number of aliphatic hydroxyl groups excluding tert-OH is 2. The van der Waals surface area contributed by atoms with Gasteiger partial charge in [-0.1, -0.05) is 0 Å². The molecule has 198 valence electrons. The summed E-state index contributed by atoms with van der Waals surface area (Å²) in [5, 5.41) is 19.9. The molecule has 2 rings (SSSR count). The number of hydrogen-bond donors (Lipinski definition) is 4. The molecule has 0 saturated carbocycles. The number of H-pyrrole nitrogens is 1. The van der Waals surface area contributed by atoms with Crippen molar-refractivity contribution in [2.24, 2.45) is 5.41 Å². The summed E-state index contributed by atoms with van der Waals surface area (Å²) in [6.45, 7) is 1.17. The van der Waals surface area contributed by atoms with Crippen LogP contribution in [0.5, 0.6) is 0 Å². The number of carbonyl (C=O) groups is 2. The van der Waals surface area contributed by atoms with Crippen LogP contribution in [0.1, 0.15) is 32.1 Å². The van der Waals surface area contributed by atoms with E-state index in [9.17, 15) is 38.8 Å². The average Bonchev–Trinajstić information content (AvgIpc) is 3.16. The molecule has 4 N–H and O–H groups in total. The van der Waals surface area contributed by atoms with E-state index >= 15 is 0 Å². The Kier molecular flexibility index (Phi) is 9.92. The van der Waals surface area contributed by atoms with Crippen molar-refractivity contribution < 1.29 is 52.5 Å². The van der Waals surface area contributed by atoms with E-state index < -0.39 is 74.7 Å². The first kappa shape index (κ1) is 28.8. The van der Waals surface area contributed by atoms with Crippen molar-refractivity contribution >= 4 is 19.8 Å². The van der Waals surface area contributed by atoms with Crippen LogP contribution in [0.3, 0.4) is 0 Å². The number of esters is 2. The van der Waals surface area contributed by atoms with Crippen LogP contribution in [0, 0.1) is 12.3 Å². The molecular formula is C19H29N2O13P. The molecule has 0 aliphatic carbocycles. The molecule has 1 aromatic rings. The summed E-state index contributed by atoms with van der Waals surface area (Å²) in [5.74, 6) is -2.44. The monoisotopic (exact) mass is 524 g/mol. The normalized spacial score (nSPS) is 21.9. The van der Waals surface area contributed by atoms with E-state index in [1.54, 1.807) is 0 Å². The zero-order valence-corrected chi connectivity index (χ0v) is 20.3. The molecule has 4 atom stereocenters. The van der Waals surface area contributed by atoms with E-state index in [2.05, 4.69) is 4.98 Å². The van der Waals surface area contributed by atoms with Gasteiger partial charge >= 0.3 is 25.5 Å². The van der Waals surface area contributed by atoms with E-state index in [0.29, 0.717) is 0 Å². The fraction of sp³-hybridized carbons (Fsp3) is 0.684. The second-order valence-corrected chi connectivity index (χ2v) is 9.08. The van der Waals surface area contributed by atoms with Gasteiger partial charge in [-0.15, -0.1) is 0 Å². The minimum Gasteiger partial charge on any atom is -0.465 e. The number of phosphoric acid groups is 1. The molecule has 2 heterocycles. The number of nitrogens with one attached hydrogen (secondary N) is 1. The number of phosphoric ester groups is 1. The third-order valence-corrected chi connectivity index (χ3v) is 6.07. The Morgan fingerprint density at radius 2 is 1.83 bits per heavy atom. The Morgan fingerprint density at radius 3 is 2.37 bits per heavy atom. The van der Waals surface area contributed by atoms with Crippen molar-refractivity contribution in [3.8, 4) is 0 Å². The van der Waals surface area contributed by atoms with Crippen molar-refractivity contribution in [2.45, 2.75) is 45.6 Å². The first-order valence-corrected chi connectivity index (χ1v) is 12.1. The van der Waals surface area contributed by atoms with Gasteiger partial charge in [0.2, 0.25) is 5.41 Å². The van der Waals surface area contributed by atoms with Gasteiger partial charge in [-0.05, 0) is 20.8 Å². The maximum absolute atomic E-state index is 12.4. The van der Waals surface area contributed by atoms with Gasteiger partial charge in [0.1, 0.15) is 12.3 Å². The second kappa shape index (κ2) is 12.0. The highest BCUT2D eigenvalue weighted by Crippen LogP contribution is 2.46. The van der Waals surface area contributed by atoms with Gasteiger partial charge < -0.3 is 29.3 Å². The maximum Gasteiger partial charge on any atom is 0.472 e. The summed E-state index contributed by atoms with van der Waals surface area (Å²) >= 11 is 0. The van der Waals surface area contributed by atoms with Gasteiger partial charge in [0.25, 0.3) is 5.56 Å². The van der Waals surface area contributed by atoms with Gasteiger partial charge in [-0.25, -0.2) is 9.36 Å². The molecule has 0 aromatic carbocycles. The van der Waals surface area contributed by atoms with Crippen LogP contribution < -0.4 is 11.2 Å². The summed E-state index contributed by atoms with van der Waals surface area (Å²) in [6, 6.07) is 0. The highest BCUT2D eigenvalue weighted by Gasteiger charge is 2.51. The lowest BCUT2D eigenvalue weighted by Crippen LogP contribution is -2.48. The molecule has 0 amide bonds. The van der Waals surface area contributed by atoms with Crippen LogP contribution in [0.4, 0.5) is 0 Å². The topological polar surface area (TPSA) is 213 Å². The number of aryl methyl sites for hydroxylation is 1. The van der Waals surface area contributed by atoms with Crippen LogP contribution in [0.15, 0.2) is 15.8 Å². The minimum absolute atomic E-state index is 0.0880. The molecule has 1 aliphatic heterocycles. The molecule has 1 saturated heterocycles. The Labute approximate surface area is 199 Å². The van der Waals surface area contributed by atoms with E-state index in [1.165, 1.54) is 27.0 Å². The van der Waals surface area contributed by atoms with Crippen molar-refractivity contribution in [3.05, 3.63) is 32.6 Å². The number of aromatic amines is 1. The zero-order valence-electron chi connectivity index (χ0n) is 19.4. The van der Waals surface area contributed by atoms with Crippen molar-refractivity contribution in [1.82, 2.24) is 9.55 Å². The van der Waals surface area contributed by atoms with Crippen LogP contribution in [-0.2, 0) is 37.4 Å². The van der Waals surface area contributed by atoms with Crippen LogP contribution in [-0.4, -0.2) is 81.8 Å². The lowest BCUT2D eigenvalue weighted by molar-refractivity contribution is -0.178.